The van der Waals surface area contributed by atoms with E-state index in [1.165, 1.54) is 0 Å². The fourth-order valence-corrected chi connectivity index (χ4v) is 6.04. The molecule has 6 rings (SSSR count). The number of rotatable bonds is 9. The van der Waals surface area contributed by atoms with Crippen LogP contribution in [0, 0.1) is 11.8 Å². The number of phenols is 1. The standard InChI is InChI=1S/C30H30Cl2N2O3/c31-25-12-9-22(17-26(25)32)29(30(37)33-18-20-4-2-1-3-5-20)34(27-16-21-14-23(27)15-21)28(36)13-8-19-6-10-24(35)11-7-19/h1-7,9-12,17,21,23,27,29,35H,8,13-16,18H2,(H,33,37). The lowest BCUT2D eigenvalue weighted by Gasteiger charge is -2.38. The van der Waals surface area contributed by atoms with Gasteiger partial charge in [-0.05, 0) is 78.5 Å². The summed E-state index contributed by atoms with van der Waals surface area (Å²) in [6, 6.07) is 21.0. The number of halogens is 2. The Balaban J connectivity index is 1.45. The first-order valence-electron chi connectivity index (χ1n) is 12.7. The summed E-state index contributed by atoms with van der Waals surface area (Å²) >= 11 is 12.6. The van der Waals surface area contributed by atoms with E-state index in [2.05, 4.69) is 5.32 Å². The second kappa shape index (κ2) is 11.2. The van der Waals surface area contributed by atoms with Crippen molar-refractivity contribution in [2.75, 3.05) is 0 Å². The molecule has 3 aromatic rings. The topological polar surface area (TPSA) is 69.6 Å². The van der Waals surface area contributed by atoms with Crippen molar-refractivity contribution in [2.45, 2.75) is 50.7 Å². The Kier molecular flexibility index (Phi) is 7.73. The molecule has 37 heavy (non-hydrogen) atoms. The van der Waals surface area contributed by atoms with Crippen molar-refractivity contribution >= 4 is 35.0 Å². The number of nitrogens with one attached hydrogen (secondary N) is 1. The van der Waals surface area contributed by atoms with Gasteiger partial charge in [0.05, 0.1) is 10.0 Å². The molecule has 2 N–H and O–H groups in total. The molecule has 0 heterocycles. The van der Waals surface area contributed by atoms with Gasteiger partial charge in [0.25, 0.3) is 0 Å². The monoisotopic (exact) mass is 536 g/mol. The van der Waals surface area contributed by atoms with E-state index in [9.17, 15) is 14.7 Å². The average Bonchev–Trinajstić information content (AvgIpc) is 3.49. The minimum Gasteiger partial charge on any atom is -0.508 e. The zero-order valence-corrected chi connectivity index (χ0v) is 22.0. The summed E-state index contributed by atoms with van der Waals surface area (Å²) in [7, 11) is 0. The third kappa shape index (κ3) is 5.78. The van der Waals surface area contributed by atoms with Gasteiger partial charge in [0.15, 0.2) is 0 Å². The first kappa shape index (κ1) is 25.6. The number of nitrogens with zero attached hydrogens (tertiary/aromatic N) is 1. The van der Waals surface area contributed by atoms with Crippen molar-refractivity contribution in [3.63, 3.8) is 0 Å². The fourth-order valence-electron chi connectivity index (χ4n) is 5.73. The van der Waals surface area contributed by atoms with Crippen molar-refractivity contribution < 1.29 is 14.7 Å². The van der Waals surface area contributed by atoms with E-state index in [-0.39, 0.29) is 30.0 Å². The Labute approximate surface area is 227 Å². The number of benzene rings is 3. The first-order valence-corrected chi connectivity index (χ1v) is 13.5. The lowest BCUT2D eigenvalue weighted by atomic mass is 9.83. The predicted molar refractivity (Wildman–Crippen MR) is 145 cm³/mol. The van der Waals surface area contributed by atoms with E-state index in [1.807, 2.05) is 47.4 Å². The van der Waals surface area contributed by atoms with Crippen LogP contribution in [0.25, 0.3) is 0 Å². The molecule has 5 nitrogen and oxygen atoms in total. The van der Waals surface area contributed by atoms with Crippen LogP contribution < -0.4 is 5.32 Å². The number of hydrogen-bond acceptors (Lipinski definition) is 3. The van der Waals surface area contributed by atoms with Gasteiger partial charge >= 0.3 is 0 Å². The average molecular weight is 537 g/mol. The van der Waals surface area contributed by atoms with Crippen LogP contribution in [0.1, 0.15) is 48.4 Å². The van der Waals surface area contributed by atoms with Crippen LogP contribution in [0.5, 0.6) is 5.75 Å². The molecule has 0 saturated heterocycles. The van der Waals surface area contributed by atoms with Gasteiger partial charge in [-0.2, -0.15) is 0 Å². The number of phenolic OH excluding ortho intramolecular Hbond substituents is 1. The van der Waals surface area contributed by atoms with Crippen molar-refractivity contribution in [3.8, 4) is 5.75 Å². The van der Waals surface area contributed by atoms with Crippen molar-refractivity contribution in [2.24, 2.45) is 11.8 Å². The van der Waals surface area contributed by atoms with Crippen molar-refractivity contribution in [1.29, 1.82) is 0 Å². The fraction of sp³-hybridized carbons (Fsp3) is 0.333. The van der Waals surface area contributed by atoms with E-state index in [0.717, 1.165) is 30.4 Å². The third-order valence-corrected chi connectivity index (χ3v) is 8.43. The highest BCUT2D eigenvalue weighted by molar-refractivity contribution is 6.42. The van der Waals surface area contributed by atoms with Crippen LogP contribution in [0.2, 0.25) is 10.0 Å². The van der Waals surface area contributed by atoms with Crippen LogP contribution >= 0.6 is 23.2 Å². The summed E-state index contributed by atoms with van der Waals surface area (Å²) in [5.41, 5.74) is 2.60. The zero-order chi connectivity index (χ0) is 25.9. The van der Waals surface area contributed by atoms with Crippen molar-refractivity contribution in [1.82, 2.24) is 10.2 Å². The maximum atomic E-state index is 13.9. The SMILES string of the molecule is O=C(NCc1ccccc1)C(c1ccc(Cl)c(Cl)c1)N(C(=O)CCc1ccc(O)cc1)C1CC2CC1C2. The Bertz CT molecular complexity index is 1260. The lowest BCUT2D eigenvalue weighted by Crippen LogP contribution is -2.49. The van der Waals surface area contributed by atoms with E-state index in [1.54, 1.807) is 30.3 Å². The number of aryl methyl sites for hydroxylation is 1. The van der Waals surface area contributed by atoms with Crippen molar-refractivity contribution in [3.05, 3.63) is 99.5 Å². The number of amides is 2. The largest absolute Gasteiger partial charge is 0.508 e. The molecule has 2 unspecified atom stereocenters. The highest BCUT2D eigenvalue weighted by Crippen LogP contribution is 2.52. The highest BCUT2D eigenvalue weighted by Gasteiger charge is 2.50. The van der Waals surface area contributed by atoms with Gasteiger partial charge in [0.2, 0.25) is 11.8 Å². The number of carbonyl (C=O) groups excluding carboxylic acids is 2. The van der Waals surface area contributed by atoms with Crippen LogP contribution in [0.4, 0.5) is 0 Å². The molecule has 0 aliphatic heterocycles. The van der Waals surface area contributed by atoms with Gasteiger partial charge in [0.1, 0.15) is 11.8 Å². The number of carbonyl (C=O) groups is 2. The molecule has 3 aromatic carbocycles. The molecule has 3 aliphatic carbocycles. The Hall–Kier alpha value is -3.02. The zero-order valence-electron chi connectivity index (χ0n) is 20.4. The molecular weight excluding hydrogens is 507 g/mol. The minimum atomic E-state index is -0.810. The number of aromatic hydroxyl groups is 1. The minimum absolute atomic E-state index is 0.0132. The predicted octanol–water partition coefficient (Wildman–Crippen LogP) is 6.32. The molecule has 2 atom stereocenters. The van der Waals surface area contributed by atoms with E-state index >= 15 is 0 Å². The molecule has 3 aliphatic rings. The molecule has 7 heteroatoms. The second-order valence-electron chi connectivity index (χ2n) is 10.1. The van der Waals surface area contributed by atoms with Crippen LogP contribution in [-0.4, -0.2) is 27.9 Å². The molecule has 3 saturated carbocycles. The Morgan fingerprint density at radius 2 is 1.65 bits per heavy atom. The Morgan fingerprint density at radius 3 is 2.30 bits per heavy atom. The summed E-state index contributed by atoms with van der Waals surface area (Å²) in [5, 5.41) is 13.4. The Morgan fingerprint density at radius 1 is 0.919 bits per heavy atom. The molecule has 192 valence electrons. The molecule has 0 radical (unpaired) electrons. The van der Waals surface area contributed by atoms with Gasteiger partial charge in [-0.15, -0.1) is 0 Å². The molecule has 0 aromatic heterocycles. The maximum absolute atomic E-state index is 13.9. The van der Waals surface area contributed by atoms with Gasteiger partial charge in [-0.25, -0.2) is 0 Å². The summed E-state index contributed by atoms with van der Waals surface area (Å²) in [5.74, 6) is 0.928. The molecule has 0 spiro atoms. The van der Waals surface area contributed by atoms with Crippen LogP contribution in [0.3, 0.4) is 0 Å². The molecular formula is C30H30Cl2N2O3. The smallest absolute Gasteiger partial charge is 0.247 e. The van der Waals surface area contributed by atoms with Crippen LogP contribution in [0.15, 0.2) is 72.8 Å². The van der Waals surface area contributed by atoms with Gasteiger partial charge in [0, 0.05) is 19.0 Å². The first-order chi connectivity index (χ1) is 17.9. The number of fused-ring (bicyclic) bond motifs is 1. The highest BCUT2D eigenvalue weighted by atomic mass is 35.5. The van der Waals surface area contributed by atoms with Gasteiger partial charge < -0.3 is 15.3 Å². The van der Waals surface area contributed by atoms with E-state index in [4.69, 9.17) is 23.2 Å². The van der Waals surface area contributed by atoms with Crippen LogP contribution in [-0.2, 0) is 22.6 Å². The van der Waals surface area contributed by atoms with E-state index < -0.39 is 6.04 Å². The quantitative estimate of drug-likeness (QED) is 0.336. The lowest BCUT2D eigenvalue weighted by molar-refractivity contribution is -0.144. The summed E-state index contributed by atoms with van der Waals surface area (Å²) < 4.78 is 0. The number of hydrogen-bond donors (Lipinski definition) is 2. The summed E-state index contributed by atoms with van der Waals surface area (Å²) in [6.07, 6.45) is 3.91. The normalized spacial score (nSPS) is 20.6. The molecule has 2 amide bonds. The summed E-state index contributed by atoms with van der Waals surface area (Å²) in [4.78, 5) is 29.6. The molecule has 2 bridgehead atoms. The third-order valence-electron chi connectivity index (χ3n) is 7.70. The van der Waals surface area contributed by atoms with Gasteiger partial charge in [-0.1, -0.05) is 71.7 Å². The van der Waals surface area contributed by atoms with Gasteiger partial charge in [-0.3, -0.25) is 9.59 Å². The maximum Gasteiger partial charge on any atom is 0.247 e. The van der Waals surface area contributed by atoms with E-state index in [0.29, 0.717) is 40.4 Å². The summed E-state index contributed by atoms with van der Waals surface area (Å²) in [6.45, 7) is 0.365. The second-order valence-corrected chi connectivity index (χ2v) is 11.0. The molecule has 3 fully saturated rings.